The van der Waals surface area contributed by atoms with Gasteiger partial charge in [0.05, 0.1) is 12.2 Å². The van der Waals surface area contributed by atoms with Crippen LogP contribution in [0.5, 0.6) is 0 Å². The highest BCUT2D eigenvalue weighted by atomic mass is 79.9. The van der Waals surface area contributed by atoms with Gasteiger partial charge in [-0.15, -0.1) is 0 Å². The maximum Gasteiger partial charge on any atom is 0.302 e. The zero-order valence-electron chi connectivity index (χ0n) is 21.6. The Labute approximate surface area is 220 Å². The van der Waals surface area contributed by atoms with E-state index in [0.29, 0.717) is 0 Å². The lowest BCUT2D eigenvalue weighted by Gasteiger charge is -2.46. The van der Waals surface area contributed by atoms with Crippen molar-refractivity contribution in [2.24, 2.45) is 0 Å². The van der Waals surface area contributed by atoms with Crippen LogP contribution in [0.4, 0.5) is 0 Å². The van der Waals surface area contributed by atoms with Crippen LogP contribution in [0.3, 0.4) is 0 Å². The summed E-state index contributed by atoms with van der Waals surface area (Å²) in [6.07, 6.45) is 6.24. The Morgan fingerprint density at radius 1 is 0.971 bits per heavy atom. The highest BCUT2D eigenvalue weighted by molar-refractivity contribution is 9.09. The Balaban J connectivity index is 2.07. The van der Waals surface area contributed by atoms with Crippen molar-refractivity contribution in [3.8, 4) is 0 Å². The van der Waals surface area contributed by atoms with Crippen molar-refractivity contribution in [2.45, 2.75) is 82.1 Å². The number of hydrogen-bond donors (Lipinski definition) is 0. The highest BCUT2D eigenvalue weighted by Crippen LogP contribution is 2.39. The number of carbonyl (C=O) groups excluding carboxylic acids is 1. The molecule has 1 heterocycles. The molecule has 3 rings (SSSR count). The lowest BCUT2D eigenvalue weighted by Crippen LogP contribution is -2.68. The minimum atomic E-state index is -2.74. The molecule has 190 valence electrons. The van der Waals surface area contributed by atoms with Crippen molar-refractivity contribution in [1.29, 1.82) is 0 Å². The quantitative estimate of drug-likeness (QED) is 0.187. The lowest BCUT2D eigenvalue weighted by atomic mass is 10.1. The van der Waals surface area contributed by atoms with Crippen LogP contribution in [0.15, 0.2) is 72.8 Å². The minimum absolute atomic E-state index is 0.0544. The molecule has 0 unspecified atom stereocenters. The van der Waals surface area contributed by atoms with Gasteiger partial charge < -0.3 is 13.9 Å². The van der Waals surface area contributed by atoms with Crippen LogP contribution in [0.1, 0.15) is 53.9 Å². The largest absolute Gasteiger partial charge is 0.463 e. The summed E-state index contributed by atoms with van der Waals surface area (Å²) in [6, 6.07) is 21.4. The second kappa shape index (κ2) is 12.5. The van der Waals surface area contributed by atoms with Gasteiger partial charge in [0.2, 0.25) is 0 Å². The second-order valence-electron chi connectivity index (χ2n) is 10.2. The summed E-state index contributed by atoms with van der Waals surface area (Å²) in [5, 5.41) is 2.39. The van der Waals surface area contributed by atoms with E-state index in [0.717, 1.165) is 19.3 Å². The standard InChI is InChI=1S/C29H39BrO4Si/c1-6-26-27(20-14-13-19-25(30)28(33-26)21-32-22(2)31)34-35(29(3,4)5,23-15-9-7-10-16-23)24-17-11-8-12-18-24/h7-18,25-28H,6,19-21H2,1-5H3/b14-13-/t25-,26-,27+,28+/m0/s1. The topological polar surface area (TPSA) is 44.8 Å². The van der Waals surface area contributed by atoms with Crippen molar-refractivity contribution >= 4 is 40.6 Å². The molecule has 0 bridgehead atoms. The zero-order chi connectivity index (χ0) is 25.5. The van der Waals surface area contributed by atoms with E-state index in [1.165, 1.54) is 17.3 Å². The molecule has 4 nitrogen and oxygen atoms in total. The monoisotopic (exact) mass is 558 g/mol. The maximum absolute atomic E-state index is 11.5. The van der Waals surface area contributed by atoms with Crippen molar-refractivity contribution in [1.82, 2.24) is 0 Å². The lowest BCUT2D eigenvalue weighted by molar-refractivity contribution is -0.149. The first-order chi connectivity index (χ1) is 16.7. The molecule has 4 atom stereocenters. The molecule has 0 aromatic heterocycles. The van der Waals surface area contributed by atoms with Crippen molar-refractivity contribution in [2.75, 3.05) is 6.61 Å². The van der Waals surface area contributed by atoms with Gasteiger partial charge in [0.25, 0.3) is 8.32 Å². The van der Waals surface area contributed by atoms with E-state index in [-0.39, 0.29) is 40.8 Å². The van der Waals surface area contributed by atoms with Gasteiger partial charge in [-0.2, -0.15) is 0 Å². The molecule has 35 heavy (non-hydrogen) atoms. The van der Waals surface area contributed by atoms with Gasteiger partial charge in [-0.1, -0.05) is 116 Å². The molecule has 0 fully saturated rings. The van der Waals surface area contributed by atoms with E-state index in [1.54, 1.807) is 0 Å². The number of rotatable bonds is 7. The van der Waals surface area contributed by atoms with Gasteiger partial charge in [0.1, 0.15) is 12.7 Å². The first kappa shape index (κ1) is 27.8. The summed E-state index contributed by atoms with van der Waals surface area (Å²) in [5.41, 5.74) is 0. The molecular formula is C29H39BrO4Si. The summed E-state index contributed by atoms with van der Waals surface area (Å²) < 4.78 is 19.5. The van der Waals surface area contributed by atoms with Gasteiger partial charge in [-0.05, 0) is 34.7 Å². The van der Waals surface area contributed by atoms with Crippen molar-refractivity contribution in [3.63, 3.8) is 0 Å². The number of allylic oxidation sites excluding steroid dienone is 1. The first-order valence-corrected chi connectivity index (χ1v) is 15.4. The van der Waals surface area contributed by atoms with Crippen molar-refractivity contribution in [3.05, 3.63) is 72.8 Å². The number of benzene rings is 2. The molecule has 0 aliphatic carbocycles. The Bertz CT molecular complexity index is 918. The predicted molar refractivity (Wildman–Crippen MR) is 149 cm³/mol. The number of halogens is 1. The predicted octanol–water partition coefficient (Wildman–Crippen LogP) is 5.77. The van der Waals surface area contributed by atoms with Crippen LogP contribution in [0.25, 0.3) is 0 Å². The normalized spacial score (nSPS) is 24.6. The van der Waals surface area contributed by atoms with Crippen LogP contribution < -0.4 is 10.4 Å². The molecular weight excluding hydrogens is 520 g/mol. The van der Waals surface area contributed by atoms with Gasteiger partial charge in [-0.25, -0.2) is 0 Å². The molecule has 6 heteroatoms. The van der Waals surface area contributed by atoms with E-state index >= 15 is 0 Å². The summed E-state index contributed by atoms with van der Waals surface area (Å²) in [6.45, 7) is 10.7. The molecule has 1 aliphatic heterocycles. The molecule has 1 aliphatic rings. The van der Waals surface area contributed by atoms with Gasteiger partial charge in [0, 0.05) is 11.8 Å². The molecule has 0 saturated carbocycles. The average Bonchev–Trinajstić information content (AvgIpc) is 2.90. The number of hydrogen-bond acceptors (Lipinski definition) is 4. The second-order valence-corrected chi connectivity index (χ2v) is 15.6. The van der Waals surface area contributed by atoms with E-state index in [9.17, 15) is 4.79 Å². The third-order valence-corrected chi connectivity index (χ3v) is 12.7. The zero-order valence-corrected chi connectivity index (χ0v) is 24.2. The molecule has 2 aromatic carbocycles. The Morgan fingerprint density at radius 2 is 1.51 bits per heavy atom. The Kier molecular flexibility index (Phi) is 9.93. The molecule has 2 aromatic rings. The minimum Gasteiger partial charge on any atom is -0.463 e. The molecule has 0 radical (unpaired) electrons. The molecule has 0 N–H and O–H groups in total. The van der Waals surface area contributed by atoms with Crippen LogP contribution >= 0.6 is 15.9 Å². The van der Waals surface area contributed by atoms with Gasteiger partial charge in [0.15, 0.2) is 0 Å². The number of esters is 1. The fourth-order valence-corrected chi connectivity index (χ4v) is 10.1. The number of carbonyl (C=O) groups is 1. The third kappa shape index (κ3) is 6.73. The first-order valence-electron chi connectivity index (χ1n) is 12.6. The molecule has 0 saturated heterocycles. The van der Waals surface area contributed by atoms with Gasteiger partial charge in [-0.3, -0.25) is 4.79 Å². The van der Waals surface area contributed by atoms with Gasteiger partial charge >= 0.3 is 5.97 Å². The van der Waals surface area contributed by atoms with E-state index in [4.69, 9.17) is 13.9 Å². The number of alkyl halides is 1. The SMILES string of the molecule is CC[C@@H]1O[C@H](COC(C)=O)[C@@H](Br)C/C=C\C[C@H]1O[Si](c1ccccc1)(c1ccccc1)C(C)(C)C. The fraction of sp³-hybridized carbons (Fsp3) is 0.483. The molecule has 0 spiro atoms. The molecule has 0 amide bonds. The van der Waals surface area contributed by atoms with E-state index in [2.05, 4.69) is 116 Å². The third-order valence-electron chi connectivity index (χ3n) is 6.66. The Hall–Kier alpha value is -1.73. The maximum atomic E-state index is 11.5. The van der Waals surface area contributed by atoms with Crippen LogP contribution in [0.2, 0.25) is 5.04 Å². The summed E-state index contributed by atoms with van der Waals surface area (Å²) in [5.74, 6) is -0.295. The fourth-order valence-electron chi connectivity index (χ4n) is 4.90. The smallest absolute Gasteiger partial charge is 0.302 e. The van der Waals surface area contributed by atoms with E-state index < -0.39 is 8.32 Å². The summed E-state index contributed by atoms with van der Waals surface area (Å²) >= 11 is 3.77. The Morgan fingerprint density at radius 3 is 2.00 bits per heavy atom. The number of ether oxygens (including phenoxy) is 2. The van der Waals surface area contributed by atoms with Crippen LogP contribution in [0, 0.1) is 0 Å². The summed E-state index contributed by atoms with van der Waals surface area (Å²) in [7, 11) is -2.74. The van der Waals surface area contributed by atoms with Crippen LogP contribution in [-0.2, 0) is 18.7 Å². The van der Waals surface area contributed by atoms with Crippen molar-refractivity contribution < 1.29 is 18.7 Å². The van der Waals surface area contributed by atoms with E-state index in [1.807, 2.05) is 0 Å². The summed E-state index contributed by atoms with van der Waals surface area (Å²) in [4.78, 5) is 11.6. The highest BCUT2D eigenvalue weighted by Gasteiger charge is 2.52. The van der Waals surface area contributed by atoms with Crippen LogP contribution in [-0.4, -0.2) is 44.0 Å². The average molecular weight is 560 g/mol.